The molecule has 0 spiro atoms. The summed E-state index contributed by atoms with van der Waals surface area (Å²) < 4.78 is 15.9. The van der Waals surface area contributed by atoms with Gasteiger partial charge in [-0.05, 0) is 41.1 Å². The zero-order chi connectivity index (χ0) is 13.4. The Morgan fingerprint density at radius 3 is 2.89 bits per heavy atom. The van der Waals surface area contributed by atoms with Crippen LogP contribution >= 0.6 is 28.1 Å². The van der Waals surface area contributed by atoms with Gasteiger partial charge in [-0.15, -0.1) is 0 Å². The van der Waals surface area contributed by atoms with E-state index >= 15 is 0 Å². The second kappa shape index (κ2) is 4.81. The summed E-state index contributed by atoms with van der Waals surface area (Å²) in [5, 5.41) is 2.55. The number of likely N-dealkylation sites (N-methyl/N-ethyl adjacent to an activating group) is 1. The molecule has 1 aromatic carbocycles. The Labute approximate surface area is 116 Å². The van der Waals surface area contributed by atoms with Gasteiger partial charge in [-0.3, -0.25) is 4.79 Å². The van der Waals surface area contributed by atoms with E-state index in [2.05, 4.69) is 26.2 Å². The second-order valence-electron chi connectivity index (χ2n) is 3.87. The highest BCUT2D eigenvalue weighted by molar-refractivity contribution is 9.10. The second-order valence-corrected chi connectivity index (χ2v) is 5.11. The minimum absolute atomic E-state index is 0.185. The number of carbonyl (C=O) groups is 1. The van der Waals surface area contributed by atoms with Gasteiger partial charge in [0, 0.05) is 13.1 Å². The van der Waals surface area contributed by atoms with E-state index < -0.39 is 11.9 Å². The van der Waals surface area contributed by atoms with Crippen LogP contribution in [0.4, 0.5) is 4.39 Å². The number of nitrogens with zero attached hydrogens (tertiary/aromatic N) is 1. The summed E-state index contributed by atoms with van der Waals surface area (Å²) in [5.41, 5.74) is 1.25. The molecule has 0 bridgehead atoms. The summed E-state index contributed by atoms with van der Waals surface area (Å²) in [5.74, 6) is -0.579. The van der Waals surface area contributed by atoms with E-state index in [9.17, 15) is 9.18 Å². The summed E-state index contributed by atoms with van der Waals surface area (Å²) >= 11 is 8.28. The molecule has 2 aromatic rings. The molecule has 2 rings (SSSR count). The highest BCUT2D eigenvalue weighted by atomic mass is 79.9. The molecule has 0 radical (unpaired) electrons. The van der Waals surface area contributed by atoms with Gasteiger partial charge >= 0.3 is 0 Å². The monoisotopic (exact) mass is 331 g/mol. The zero-order valence-electron chi connectivity index (χ0n) is 9.75. The number of rotatable bonds is 2. The maximum absolute atomic E-state index is 13.6. The molecule has 1 unspecified atom stereocenters. The van der Waals surface area contributed by atoms with Crippen molar-refractivity contribution in [2.24, 2.45) is 0 Å². The van der Waals surface area contributed by atoms with E-state index in [-0.39, 0.29) is 5.91 Å². The summed E-state index contributed by atoms with van der Waals surface area (Å²) in [6.07, 6.45) is 0. The number of amides is 1. The Kier molecular flexibility index (Phi) is 3.54. The molecule has 2 N–H and O–H groups in total. The van der Waals surface area contributed by atoms with Crippen molar-refractivity contribution in [3.63, 3.8) is 0 Å². The maximum Gasteiger partial charge on any atom is 0.242 e. The van der Waals surface area contributed by atoms with Crippen LogP contribution in [0.2, 0.25) is 0 Å². The first-order valence-electron chi connectivity index (χ1n) is 5.26. The third kappa shape index (κ3) is 2.08. The molecular formula is C11H11BrFN3OS. The molecule has 0 aliphatic rings. The van der Waals surface area contributed by atoms with Gasteiger partial charge in [0.2, 0.25) is 5.91 Å². The standard InChI is InChI=1S/C11H11BrFN3OS/c1-5(10(17)14-2)16-9-4-7(13)6(12)3-8(9)15-11(16)18/h3-5H,1-2H3,(H,14,17)(H,15,18). The van der Waals surface area contributed by atoms with Crippen LogP contribution in [0.15, 0.2) is 16.6 Å². The minimum atomic E-state index is -0.503. The fourth-order valence-electron chi connectivity index (χ4n) is 1.83. The fourth-order valence-corrected chi connectivity index (χ4v) is 2.54. The van der Waals surface area contributed by atoms with E-state index in [1.165, 1.54) is 6.07 Å². The van der Waals surface area contributed by atoms with Gasteiger partial charge in [-0.2, -0.15) is 0 Å². The van der Waals surface area contributed by atoms with E-state index in [0.717, 1.165) is 0 Å². The lowest BCUT2D eigenvalue weighted by molar-refractivity contribution is -0.123. The third-order valence-corrected chi connectivity index (χ3v) is 3.68. The molecule has 18 heavy (non-hydrogen) atoms. The fraction of sp³-hybridized carbons (Fsp3) is 0.273. The number of H-pyrrole nitrogens is 1. The van der Waals surface area contributed by atoms with E-state index in [1.54, 1.807) is 24.6 Å². The van der Waals surface area contributed by atoms with Gasteiger partial charge in [0.1, 0.15) is 11.9 Å². The molecule has 1 heterocycles. The number of benzene rings is 1. The number of imidazole rings is 1. The molecule has 0 aliphatic heterocycles. The van der Waals surface area contributed by atoms with Crippen molar-refractivity contribution in [3.8, 4) is 0 Å². The first kappa shape index (κ1) is 13.2. The van der Waals surface area contributed by atoms with Crippen molar-refractivity contribution in [2.45, 2.75) is 13.0 Å². The summed E-state index contributed by atoms with van der Waals surface area (Å²) in [6, 6.07) is 2.45. The zero-order valence-corrected chi connectivity index (χ0v) is 12.2. The van der Waals surface area contributed by atoms with Crippen molar-refractivity contribution in [2.75, 3.05) is 7.05 Å². The molecule has 7 heteroatoms. The van der Waals surface area contributed by atoms with E-state index in [1.807, 2.05) is 0 Å². The molecule has 1 aromatic heterocycles. The lowest BCUT2D eigenvalue weighted by Gasteiger charge is -2.12. The van der Waals surface area contributed by atoms with Crippen LogP contribution < -0.4 is 5.32 Å². The molecule has 0 fully saturated rings. The summed E-state index contributed by atoms with van der Waals surface area (Å²) in [7, 11) is 1.55. The van der Waals surface area contributed by atoms with Crippen molar-refractivity contribution in [1.29, 1.82) is 0 Å². The first-order chi connectivity index (χ1) is 8.45. The molecule has 1 atom stereocenters. The van der Waals surface area contributed by atoms with Gasteiger partial charge in [0.25, 0.3) is 0 Å². The molecule has 0 aliphatic carbocycles. The number of fused-ring (bicyclic) bond motifs is 1. The lowest BCUT2D eigenvalue weighted by atomic mass is 10.2. The topological polar surface area (TPSA) is 49.8 Å². The van der Waals surface area contributed by atoms with Crippen LogP contribution in [0, 0.1) is 10.6 Å². The maximum atomic E-state index is 13.6. The number of carbonyl (C=O) groups excluding carboxylic acids is 1. The molecule has 0 saturated heterocycles. The van der Waals surface area contributed by atoms with Gasteiger partial charge in [-0.1, -0.05) is 0 Å². The van der Waals surface area contributed by atoms with Crippen molar-refractivity contribution >= 4 is 45.1 Å². The molecule has 96 valence electrons. The van der Waals surface area contributed by atoms with E-state index in [0.29, 0.717) is 20.3 Å². The number of aromatic nitrogens is 2. The Hall–Kier alpha value is -1.21. The first-order valence-corrected chi connectivity index (χ1v) is 6.46. The van der Waals surface area contributed by atoms with Gasteiger partial charge in [-0.25, -0.2) is 4.39 Å². The quantitative estimate of drug-likeness (QED) is 0.831. The molecule has 0 saturated carbocycles. The highest BCUT2D eigenvalue weighted by Crippen LogP contribution is 2.25. The van der Waals surface area contributed by atoms with E-state index in [4.69, 9.17) is 12.2 Å². The average molecular weight is 332 g/mol. The van der Waals surface area contributed by atoms with Gasteiger partial charge in [0.05, 0.1) is 15.5 Å². The normalized spacial score (nSPS) is 12.7. The van der Waals surface area contributed by atoms with Crippen LogP contribution in [0.3, 0.4) is 0 Å². The average Bonchev–Trinajstić information content (AvgIpc) is 2.63. The SMILES string of the molecule is CNC(=O)C(C)n1c(=S)[nH]c2cc(Br)c(F)cc21. The van der Waals surface area contributed by atoms with Crippen molar-refractivity contribution in [1.82, 2.24) is 14.9 Å². The van der Waals surface area contributed by atoms with Gasteiger partial charge in [0.15, 0.2) is 4.77 Å². The highest BCUT2D eigenvalue weighted by Gasteiger charge is 2.18. The largest absolute Gasteiger partial charge is 0.357 e. The number of aromatic amines is 1. The minimum Gasteiger partial charge on any atom is -0.357 e. The summed E-state index contributed by atoms with van der Waals surface area (Å²) in [4.78, 5) is 14.6. The predicted molar refractivity (Wildman–Crippen MR) is 73.6 cm³/mol. The number of halogens is 2. The Morgan fingerprint density at radius 1 is 1.61 bits per heavy atom. The smallest absolute Gasteiger partial charge is 0.242 e. The van der Waals surface area contributed by atoms with Crippen molar-refractivity contribution in [3.05, 3.63) is 27.2 Å². The van der Waals surface area contributed by atoms with Crippen LogP contribution in [0.5, 0.6) is 0 Å². The lowest BCUT2D eigenvalue weighted by Crippen LogP contribution is -2.27. The Balaban J connectivity index is 2.71. The van der Waals surface area contributed by atoms with Crippen LogP contribution in [-0.4, -0.2) is 22.5 Å². The molecule has 1 amide bonds. The molecule has 4 nitrogen and oxygen atoms in total. The number of nitrogens with one attached hydrogen (secondary N) is 2. The summed E-state index contributed by atoms with van der Waals surface area (Å²) in [6.45, 7) is 1.71. The van der Waals surface area contributed by atoms with Crippen LogP contribution in [0.25, 0.3) is 11.0 Å². The number of hydrogen-bond acceptors (Lipinski definition) is 2. The Bertz CT molecular complexity index is 679. The third-order valence-electron chi connectivity index (χ3n) is 2.77. The van der Waals surface area contributed by atoms with Gasteiger partial charge < -0.3 is 14.9 Å². The van der Waals surface area contributed by atoms with Crippen LogP contribution in [0.1, 0.15) is 13.0 Å². The van der Waals surface area contributed by atoms with Crippen molar-refractivity contribution < 1.29 is 9.18 Å². The van der Waals surface area contributed by atoms with Crippen LogP contribution in [-0.2, 0) is 4.79 Å². The Morgan fingerprint density at radius 2 is 2.28 bits per heavy atom. The predicted octanol–water partition coefficient (Wildman–Crippen LogP) is 2.91. The molecular weight excluding hydrogens is 321 g/mol. The number of hydrogen-bond donors (Lipinski definition) is 2.